The maximum atomic E-state index is 12.5. The quantitative estimate of drug-likeness (QED) is 0.664. The van der Waals surface area contributed by atoms with Crippen molar-refractivity contribution in [2.75, 3.05) is 23.0 Å². The van der Waals surface area contributed by atoms with Crippen LogP contribution in [0.15, 0.2) is 23.2 Å². The zero-order valence-corrected chi connectivity index (χ0v) is 20.4. The topological polar surface area (TPSA) is 105 Å². The minimum Gasteiger partial charge on any atom is -0.444 e. The summed E-state index contributed by atoms with van der Waals surface area (Å²) in [6, 6.07) is 4.56. The van der Waals surface area contributed by atoms with E-state index in [1.807, 2.05) is 0 Å². The summed E-state index contributed by atoms with van der Waals surface area (Å²) in [5.74, 6) is -0.539. The number of rotatable bonds is 4. The van der Waals surface area contributed by atoms with Crippen LogP contribution in [0.1, 0.15) is 27.2 Å². The van der Waals surface area contributed by atoms with Gasteiger partial charge in [-0.2, -0.15) is 4.99 Å². The number of carbonyl (C=O) groups excluding carboxylic acids is 2. The van der Waals surface area contributed by atoms with Crippen LogP contribution in [0, 0.1) is 0 Å². The highest BCUT2D eigenvalue weighted by Gasteiger charge is 2.50. The van der Waals surface area contributed by atoms with Crippen LogP contribution < -0.4 is 10.2 Å². The molecule has 1 aromatic carbocycles. The number of fused-ring (bicyclic) bond motifs is 1. The van der Waals surface area contributed by atoms with Gasteiger partial charge in [0.25, 0.3) is 0 Å². The van der Waals surface area contributed by atoms with E-state index < -0.39 is 33.5 Å². The summed E-state index contributed by atoms with van der Waals surface area (Å²) in [4.78, 5) is 30.0. The number of hydrogen-bond acceptors (Lipinski definition) is 6. The first kappa shape index (κ1) is 24.2. The van der Waals surface area contributed by atoms with Gasteiger partial charge in [-0.3, -0.25) is 4.79 Å². The molecule has 2 aliphatic heterocycles. The van der Waals surface area contributed by atoms with Gasteiger partial charge in [0.2, 0.25) is 5.91 Å². The highest BCUT2D eigenvalue weighted by atomic mass is 35.5. The number of hydrogen-bond donors (Lipinski definition) is 1. The summed E-state index contributed by atoms with van der Waals surface area (Å²) in [7, 11) is -3.21. The molecule has 2 aliphatic rings. The molecule has 2 fully saturated rings. The van der Waals surface area contributed by atoms with Crippen molar-refractivity contribution in [3.8, 4) is 0 Å². The van der Waals surface area contributed by atoms with Gasteiger partial charge in [0.05, 0.1) is 33.3 Å². The molecule has 0 unspecified atom stereocenters. The van der Waals surface area contributed by atoms with Crippen LogP contribution >= 0.6 is 35.0 Å². The first-order valence-electron chi connectivity index (χ1n) is 9.55. The van der Waals surface area contributed by atoms with Gasteiger partial charge in [0, 0.05) is 18.2 Å². The van der Waals surface area contributed by atoms with Gasteiger partial charge < -0.3 is 15.0 Å². The number of nitrogens with one attached hydrogen (secondary N) is 1. The van der Waals surface area contributed by atoms with Gasteiger partial charge in [0.1, 0.15) is 5.60 Å². The number of amidine groups is 1. The molecular weight excluding hydrogens is 485 g/mol. The highest BCUT2D eigenvalue weighted by Crippen LogP contribution is 2.45. The van der Waals surface area contributed by atoms with Crippen molar-refractivity contribution in [1.82, 2.24) is 5.32 Å². The second kappa shape index (κ2) is 9.17. The molecule has 0 aliphatic carbocycles. The smallest absolute Gasteiger partial charge is 0.407 e. The van der Waals surface area contributed by atoms with Crippen LogP contribution in [-0.4, -0.2) is 60.5 Å². The van der Waals surface area contributed by atoms with Crippen LogP contribution in [0.4, 0.5) is 10.5 Å². The van der Waals surface area contributed by atoms with Crippen molar-refractivity contribution >= 4 is 67.7 Å². The lowest BCUT2D eigenvalue weighted by Gasteiger charge is -2.26. The van der Waals surface area contributed by atoms with E-state index in [1.54, 1.807) is 43.9 Å². The predicted molar refractivity (Wildman–Crippen MR) is 124 cm³/mol. The molecule has 12 heteroatoms. The second-order valence-electron chi connectivity index (χ2n) is 8.21. The number of nitrogens with zero attached hydrogens (tertiary/aromatic N) is 2. The Morgan fingerprint density at radius 3 is 2.52 bits per heavy atom. The van der Waals surface area contributed by atoms with E-state index in [1.165, 1.54) is 11.8 Å². The minimum atomic E-state index is -3.21. The molecule has 0 spiro atoms. The van der Waals surface area contributed by atoms with Gasteiger partial charge in [-0.25, -0.2) is 13.2 Å². The van der Waals surface area contributed by atoms with Gasteiger partial charge in [-0.1, -0.05) is 41.0 Å². The molecule has 0 saturated carbocycles. The number of benzene rings is 1. The fourth-order valence-electron chi connectivity index (χ4n) is 3.29. The third-order valence-electron chi connectivity index (χ3n) is 4.47. The maximum Gasteiger partial charge on any atom is 0.407 e. The third-order valence-corrected chi connectivity index (χ3v) is 8.29. The summed E-state index contributed by atoms with van der Waals surface area (Å²) in [5, 5.41) is 3.26. The fraction of sp³-hybridized carbons (Fsp3) is 0.526. The molecule has 170 valence electrons. The Hall–Kier alpha value is -1.49. The van der Waals surface area contributed by atoms with Gasteiger partial charge in [-0.05, 0) is 32.9 Å². The third kappa shape index (κ3) is 6.06. The van der Waals surface area contributed by atoms with Crippen molar-refractivity contribution in [2.45, 2.75) is 44.1 Å². The van der Waals surface area contributed by atoms with Crippen molar-refractivity contribution < 1.29 is 22.7 Å². The first-order valence-corrected chi connectivity index (χ1v) is 13.0. The number of aliphatic imine (C=N–C) groups is 1. The Balaban J connectivity index is 1.77. The van der Waals surface area contributed by atoms with E-state index in [2.05, 4.69) is 10.3 Å². The van der Waals surface area contributed by atoms with Gasteiger partial charge >= 0.3 is 6.09 Å². The zero-order valence-electron chi connectivity index (χ0n) is 17.2. The Kier molecular flexibility index (Phi) is 7.15. The number of thioether (sulfide) groups is 1. The van der Waals surface area contributed by atoms with Crippen molar-refractivity contribution in [1.29, 1.82) is 0 Å². The van der Waals surface area contributed by atoms with Crippen molar-refractivity contribution in [3.05, 3.63) is 28.2 Å². The van der Waals surface area contributed by atoms with Crippen LogP contribution in [0.3, 0.4) is 0 Å². The van der Waals surface area contributed by atoms with Crippen LogP contribution in [0.25, 0.3) is 0 Å². The number of sulfone groups is 1. The summed E-state index contributed by atoms with van der Waals surface area (Å²) >= 11 is 13.9. The van der Waals surface area contributed by atoms with Crippen molar-refractivity contribution in [3.63, 3.8) is 0 Å². The van der Waals surface area contributed by atoms with Crippen LogP contribution in [0.5, 0.6) is 0 Å². The number of ether oxygens (including phenoxy) is 1. The molecule has 0 radical (unpaired) electrons. The number of halogens is 2. The summed E-state index contributed by atoms with van der Waals surface area (Å²) in [6.45, 7) is 5.29. The molecule has 0 aromatic heterocycles. The average molecular weight is 508 g/mol. The van der Waals surface area contributed by atoms with Crippen LogP contribution in [-0.2, 0) is 19.4 Å². The first-order chi connectivity index (χ1) is 14.4. The monoisotopic (exact) mass is 507 g/mol. The minimum absolute atomic E-state index is 0.00564. The van der Waals surface area contributed by atoms with Crippen molar-refractivity contribution in [2.24, 2.45) is 4.99 Å². The summed E-state index contributed by atoms with van der Waals surface area (Å²) in [5.41, 5.74) is -0.205. The van der Waals surface area contributed by atoms with E-state index in [0.29, 0.717) is 20.9 Å². The zero-order chi connectivity index (χ0) is 23.0. The van der Waals surface area contributed by atoms with E-state index in [-0.39, 0.29) is 29.7 Å². The molecule has 31 heavy (non-hydrogen) atoms. The Bertz CT molecular complexity index is 1000. The highest BCUT2D eigenvalue weighted by molar-refractivity contribution is 8.16. The molecule has 1 N–H and O–H groups in total. The molecule has 8 nitrogen and oxygen atoms in total. The largest absolute Gasteiger partial charge is 0.444 e. The molecule has 2 saturated heterocycles. The molecule has 3 rings (SSSR count). The summed E-state index contributed by atoms with van der Waals surface area (Å²) in [6.07, 6.45) is -0.659. The number of para-hydroxylation sites is 1. The SMILES string of the molecule is CC(C)(C)OC(=O)NCCC(=O)N=C1S[C@H]2CS(=O)(=O)C[C@@H]2N1c1c(Cl)cccc1Cl. The average Bonchev–Trinajstić information content (AvgIpc) is 3.05. The van der Waals surface area contributed by atoms with Crippen LogP contribution in [0.2, 0.25) is 10.0 Å². The van der Waals surface area contributed by atoms with Gasteiger partial charge in [-0.15, -0.1) is 0 Å². The molecule has 1 aromatic rings. The molecule has 2 atom stereocenters. The molecule has 2 amide bonds. The van der Waals surface area contributed by atoms with E-state index in [9.17, 15) is 18.0 Å². The van der Waals surface area contributed by atoms with E-state index in [0.717, 1.165) is 0 Å². The standard InChI is InChI=1S/C19H23Cl2N3O5S2/c1-19(2,3)29-18(26)22-8-7-15(25)23-17-24(16-11(20)5-4-6-12(16)21)13-9-31(27,28)10-14(13)30-17/h4-6,13-14H,7-10H2,1-3H3,(H,22,26)/t13-,14-/m0/s1. The van der Waals surface area contributed by atoms with E-state index >= 15 is 0 Å². The Morgan fingerprint density at radius 1 is 1.26 bits per heavy atom. The molecular formula is C19H23Cl2N3O5S2. The lowest BCUT2D eigenvalue weighted by Crippen LogP contribution is -2.38. The lowest BCUT2D eigenvalue weighted by atomic mass is 10.2. The second-order valence-corrected chi connectivity index (χ2v) is 12.4. The lowest BCUT2D eigenvalue weighted by molar-refractivity contribution is -0.117. The molecule has 2 heterocycles. The maximum absolute atomic E-state index is 12.5. The van der Waals surface area contributed by atoms with Gasteiger partial charge in [0.15, 0.2) is 15.0 Å². The number of amides is 2. The Labute approximate surface area is 195 Å². The number of alkyl carbamates (subject to hydrolysis) is 1. The molecule has 0 bridgehead atoms. The fourth-order valence-corrected chi connectivity index (χ4v) is 7.79. The Morgan fingerprint density at radius 2 is 1.90 bits per heavy atom. The number of anilines is 1. The number of carbonyl (C=O) groups is 2. The normalized spacial score (nSPS) is 23.6. The van der Waals surface area contributed by atoms with E-state index in [4.69, 9.17) is 27.9 Å². The summed E-state index contributed by atoms with van der Waals surface area (Å²) < 4.78 is 29.4. The predicted octanol–water partition coefficient (Wildman–Crippen LogP) is 3.51.